The first-order chi connectivity index (χ1) is 8.58. The zero-order chi connectivity index (χ0) is 13.1. The number of pyridine rings is 1. The average molecular weight is 251 g/mol. The third kappa shape index (κ3) is 2.85. The van der Waals surface area contributed by atoms with E-state index in [2.05, 4.69) is 29.5 Å². The third-order valence-electron chi connectivity index (χ3n) is 3.48. The molecule has 1 amide bonds. The Kier molecular flexibility index (Phi) is 3.91. The van der Waals surface area contributed by atoms with E-state index in [1.807, 2.05) is 0 Å². The molecule has 3 atom stereocenters. The minimum atomic E-state index is -0.437. The number of carbonyl (C=O) groups is 1. The summed E-state index contributed by atoms with van der Waals surface area (Å²) in [7, 11) is 0. The van der Waals surface area contributed by atoms with E-state index in [1.165, 1.54) is 12.1 Å². The molecule has 18 heavy (non-hydrogen) atoms. The molecule has 1 saturated heterocycles. The average Bonchev–Trinajstić information content (AvgIpc) is 2.34. The Bertz CT molecular complexity index is 411. The first-order valence-electron chi connectivity index (χ1n) is 6.23. The highest BCUT2D eigenvalue weighted by atomic mass is 19.1. The Labute approximate surface area is 106 Å². The highest BCUT2D eigenvalue weighted by Crippen LogP contribution is 2.16. The number of rotatable bonds is 2. The Hall–Kier alpha value is -1.49. The van der Waals surface area contributed by atoms with Gasteiger partial charge in [-0.3, -0.25) is 4.79 Å². The van der Waals surface area contributed by atoms with Crippen molar-refractivity contribution in [3.63, 3.8) is 0 Å². The molecule has 1 aliphatic rings. The third-order valence-corrected chi connectivity index (χ3v) is 3.48. The summed E-state index contributed by atoms with van der Waals surface area (Å²) in [6.45, 7) is 5.16. The Morgan fingerprint density at radius 1 is 1.50 bits per heavy atom. The number of hydrogen-bond donors (Lipinski definition) is 2. The summed E-state index contributed by atoms with van der Waals surface area (Å²) in [4.78, 5) is 15.8. The smallest absolute Gasteiger partial charge is 0.270 e. The number of aromatic nitrogens is 1. The van der Waals surface area contributed by atoms with Crippen LogP contribution in [-0.2, 0) is 0 Å². The van der Waals surface area contributed by atoms with E-state index < -0.39 is 5.82 Å². The van der Waals surface area contributed by atoms with Crippen molar-refractivity contribution in [1.29, 1.82) is 0 Å². The second kappa shape index (κ2) is 5.44. The predicted molar refractivity (Wildman–Crippen MR) is 66.7 cm³/mol. The predicted octanol–water partition coefficient (Wildman–Crippen LogP) is 1.34. The Morgan fingerprint density at radius 2 is 2.28 bits per heavy atom. The summed E-state index contributed by atoms with van der Waals surface area (Å²) in [6.07, 6.45) is 2.09. The molecule has 2 rings (SSSR count). The molecule has 0 saturated carbocycles. The van der Waals surface area contributed by atoms with Gasteiger partial charge >= 0.3 is 0 Å². The van der Waals surface area contributed by atoms with Gasteiger partial charge in [-0.25, -0.2) is 9.37 Å². The monoisotopic (exact) mass is 251 g/mol. The van der Waals surface area contributed by atoms with Gasteiger partial charge in [-0.1, -0.05) is 6.92 Å². The molecule has 0 aromatic carbocycles. The Morgan fingerprint density at radius 3 is 2.89 bits per heavy atom. The van der Waals surface area contributed by atoms with Crippen LogP contribution in [0.3, 0.4) is 0 Å². The maximum absolute atomic E-state index is 12.7. The van der Waals surface area contributed by atoms with E-state index in [-0.39, 0.29) is 23.7 Å². The number of nitrogens with one attached hydrogen (secondary N) is 2. The summed E-state index contributed by atoms with van der Waals surface area (Å²) in [5, 5.41) is 6.30. The van der Waals surface area contributed by atoms with Crippen LogP contribution < -0.4 is 10.6 Å². The standard InChI is InChI=1S/C13H18FN3O/c1-8-5-6-15-9(2)12(8)17-13(18)11-4-3-10(14)7-16-11/h3-4,7-9,12,15H,5-6H2,1-2H3,(H,17,18). The van der Waals surface area contributed by atoms with Gasteiger partial charge in [-0.05, 0) is 37.9 Å². The van der Waals surface area contributed by atoms with Crippen molar-refractivity contribution in [2.45, 2.75) is 32.4 Å². The Balaban J connectivity index is 2.04. The van der Waals surface area contributed by atoms with Crippen molar-refractivity contribution >= 4 is 5.91 Å². The van der Waals surface area contributed by atoms with Crippen molar-refractivity contribution < 1.29 is 9.18 Å². The summed E-state index contributed by atoms with van der Waals surface area (Å²) >= 11 is 0. The number of piperidine rings is 1. The summed E-state index contributed by atoms with van der Waals surface area (Å²) in [5.74, 6) is -0.263. The number of halogens is 1. The summed E-state index contributed by atoms with van der Waals surface area (Å²) < 4.78 is 12.7. The number of carbonyl (C=O) groups excluding carboxylic acids is 1. The van der Waals surface area contributed by atoms with Gasteiger partial charge in [0, 0.05) is 12.1 Å². The molecule has 1 aliphatic heterocycles. The van der Waals surface area contributed by atoms with Gasteiger partial charge in [0.1, 0.15) is 11.5 Å². The van der Waals surface area contributed by atoms with Crippen LogP contribution in [0.2, 0.25) is 0 Å². The topological polar surface area (TPSA) is 54.0 Å². The molecule has 0 bridgehead atoms. The van der Waals surface area contributed by atoms with E-state index in [1.54, 1.807) is 0 Å². The maximum atomic E-state index is 12.7. The molecular weight excluding hydrogens is 233 g/mol. The van der Waals surface area contributed by atoms with Crippen LogP contribution in [0.1, 0.15) is 30.8 Å². The lowest BCUT2D eigenvalue weighted by Crippen LogP contribution is -2.56. The molecule has 0 spiro atoms. The molecule has 1 aromatic heterocycles. The highest BCUT2D eigenvalue weighted by molar-refractivity contribution is 5.92. The van der Waals surface area contributed by atoms with Crippen molar-refractivity contribution in [3.05, 3.63) is 29.8 Å². The van der Waals surface area contributed by atoms with Gasteiger partial charge < -0.3 is 10.6 Å². The SMILES string of the molecule is CC1CCNC(C)C1NC(=O)c1ccc(F)cn1. The van der Waals surface area contributed by atoms with E-state index in [9.17, 15) is 9.18 Å². The van der Waals surface area contributed by atoms with Crippen molar-refractivity contribution in [2.24, 2.45) is 5.92 Å². The quantitative estimate of drug-likeness (QED) is 0.834. The molecule has 1 fully saturated rings. The largest absolute Gasteiger partial charge is 0.346 e. The lowest BCUT2D eigenvalue weighted by Gasteiger charge is -2.35. The normalized spacial score (nSPS) is 27.8. The number of nitrogens with zero attached hydrogens (tertiary/aromatic N) is 1. The van der Waals surface area contributed by atoms with Crippen LogP contribution in [0.5, 0.6) is 0 Å². The van der Waals surface area contributed by atoms with E-state index in [4.69, 9.17) is 0 Å². The fraction of sp³-hybridized carbons (Fsp3) is 0.538. The molecule has 5 heteroatoms. The zero-order valence-electron chi connectivity index (χ0n) is 10.6. The van der Waals surface area contributed by atoms with Crippen LogP contribution in [0.15, 0.2) is 18.3 Å². The van der Waals surface area contributed by atoms with Crippen LogP contribution in [-0.4, -0.2) is 29.5 Å². The molecule has 0 radical (unpaired) electrons. The lowest BCUT2D eigenvalue weighted by atomic mass is 9.89. The molecule has 3 unspecified atom stereocenters. The summed E-state index contributed by atoms with van der Waals surface area (Å²) in [6, 6.07) is 2.96. The zero-order valence-corrected chi connectivity index (χ0v) is 10.6. The van der Waals surface area contributed by atoms with E-state index in [0.29, 0.717) is 5.92 Å². The fourth-order valence-electron chi connectivity index (χ4n) is 2.34. The van der Waals surface area contributed by atoms with Gasteiger partial charge in [0.15, 0.2) is 0 Å². The fourth-order valence-corrected chi connectivity index (χ4v) is 2.34. The van der Waals surface area contributed by atoms with Gasteiger partial charge in [0.2, 0.25) is 0 Å². The van der Waals surface area contributed by atoms with Crippen molar-refractivity contribution in [2.75, 3.05) is 6.54 Å². The van der Waals surface area contributed by atoms with Crippen molar-refractivity contribution in [1.82, 2.24) is 15.6 Å². The first-order valence-corrected chi connectivity index (χ1v) is 6.23. The molecule has 98 valence electrons. The minimum absolute atomic E-state index is 0.0816. The highest BCUT2D eigenvalue weighted by Gasteiger charge is 2.29. The second-order valence-electron chi connectivity index (χ2n) is 4.87. The molecular formula is C13H18FN3O. The van der Waals surface area contributed by atoms with E-state index >= 15 is 0 Å². The number of amides is 1. The molecule has 4 nitrogen and oxygen atoms in total. The van der Waals surface area contributed by atoms with Crippen LogP contribution in [0.4, 0.5) is 4.39 Å². The van der Waals surface area contributed by atoms with Gasteiger partial charge in [0.25, 0.3) is 5.91 Å². The summed E-state index contributed by atoms with van der Waals surface area (Å²) in [5.41, 5.74) is 0.251. The number of hydrogen-bond acceptors (Lipinski definition) is 3. The van der Waals surface area contributed by atoms with Gasteiger partial charge in [-0.2, -0.15) is 0 Å². The molecule has 2 N–H and O–H groups in total. The maximum Gasteiger partial charge on any atom is 0.270 e. The molecule has 1 aromatic rings. The van der Waals surface area contributed by atoms with E-state index in [0.717, 1.165) is 19.2 Å². The second-order valence-corrected chi connectivity index (χ2v) is 4.87. The van der Waals surface area contributed by atoms with Crippen LogP contribution in [0, 0.1) is 11.7 Å². The van der Waals surface area contributed by atoms with Gasteiger partial charge in [-0.15, -0.1) is 0 Å². The minimum Gasteiger partial charge on any atom is -0.346 e. The van der Waals surface area contributed by atoms with Crippen LogP contribution in [0.25, 0.3) is 0 Å². The van der Waals surface area contributed by atoms with Gasteiger partial charge in [0.05, 0.1) is 6.20 Å². The molecule has 0 aliphatic carbocycles. The first kappa shape index (κ1) is 13.0. The van der Waals surface area contributed by atoms with Crippen molar-refractivity contribution in [3.8, 4) is 0 Å². The van der Waals surface area contributed by atoms with Crippen LogP contribution >= 0.6 is 0 Å². The lowest BCUT2D eigenvalue weighted by molar-refractivity contribution is 0.0892. The molecule has 2 heterocycles.